The molecule has 0 radical (unpaired) electrons. The average Bonchev–Trinajstić information content (AvgIpc) is 2.41. The van der Waals surface area contributed by atoms with Crippen molar-refractivity contribution in [2.45, 2.75) is 25.9 Å². The molecule has 0 fully saturated rings. The van der Waals surface area contributed by atoms with Gasteiger partial charge in [0.05, 0.1) is 0 Å². The Kier molecular flexibility index (Phi) is 4.40. The fourth-order valence-electron chi connectivity index (χ4n) is 1.53. The first-order valence-electron chi connectivity index (χ1n) is 5.95. The summed E-state index contributed by atoms with van der Waals surface area (Å²) in [7, 11) is 0. The van der Waals surface area contributed by atoms with Crippen LogP contribution >= 0.6 is 0 Å². The first-order chi connectivity index (χ1) is 8.88. The Bertz CT molecular complexity index is 405. The van der Waals surface area contributed by atoms with Crippen LogP contribution in [-0.4, -0.2) is 26.1 Å². The largest absolute Gasteiger partial charge is 0.334 e. The van der Waals surface area contributed by atoms with Crippen molar-refractivity contribution < 1.29 is 0 Å². The highest BCUT2D eigenvalue weighted by Crippen LogP contribution is 2.07. The zero-order valence-electron chi connectivity index (χ0n) is 10.2. The highest BCUT2D eigenvalue weighted by molar-refractivity contribution is 5.32. The number of nitrogens with zero attached hydrogens (tertiary/aromatic N) is 4. The fraction of sp³-hybridized carbons (Fsp3) is 0.333. The molecular formula is C12H16N6. The van der Waals surface area contributed by atoms with Crippen molar-refractivity contribution in [3.05, 3.63) is 36.9 Å². The predicted molar refractivity (Wildman–Crippen MR) is 70.0 cm³/mol. The zero-order valence-corrected chi connectivity index (χ0v) is 10.2. The highest BCUT2D eigenvalue weighted by Gasteiger charge is 2.09. The number of hydrogen-bond donors (Lipinski definition) is 2. The van der Waals surface area contributed by atoms with Gasteiger partial charge in [0.25, 0.3) is 0 Å². The summed E-state index contributed by atoms with van der Waals surface area (Å²) in [5.74, 6) is 1.19. The Labute approximate surface area is 106 Å². The van der Waals surface area contributed by atoms with E-state index >= 15 is 0 Å². The van der Waals surface area contributed by atoms with Crippen molar-refractivity contribution in [3.8, 4) is 0 Å². The number of hydrogen-bond acceptors (Lipinski definition) is 6. The Morgan fingerprint density at radius 1 is 0.889 bits per heavy atom. The van der Waals surface area contributed by atoms with Gasteiger partial charge in [-0.3, -0.25) is 0 Å². The van der Waals surface area contributed by atoms with Crippen LogP contribution in [0, 0.1) is 0 Å². The SMILES string of the molecule is CCCC(Nc1ncccn1)Nc1ncccn1. The summed E-state index contributed by atoms with van der Waals surface area (Å²) in [6, 6.07) is 3.57. The molecule has 0 aromatic carbocycles. The molecule has 0 atom stereocenters. The lowest BCUT2D eigenvalue weighted by atomic mass is 10.3. The van der Waals surface area contributed by atoms with Crippen molar-refractivity contribution in [2.75, 3.05) is 10.6 Å². The van der Waals surface area contributed by atoms with Crippen molar-refractivity contribution in [3.63, 3.8) is 0 Å². The summed E-state index contributed by atoms with van der Waals surface area (Å²) >= 11 is 0. The molecule has 2 heterocycles. The van der Waals surface area contributed by atoms with Crippen LogP contribution in [0.25, 0.3) is 0 Å². The van der Waals surface area contributed by atoms with Gasteiger partial charge in [-0.05, 0) is 18.6 Å². The van der Waals surface area contributed by atoms with Crippen molar-refractivity contribution in [1.29, 1.82) is 0 Å². The first-order valence-corrected chi connectivity index (χ1v) is 5.95. The summed E-state index contributed by atoms with van der Waals surface area (Å²) in [5, 5.41) is 6.43. The van der Waals surface area contributed by atoms with Crippen LogP contribution in [0.4, 0.5) is 11.9 Å². The lowest BCUT2D eigenvalue weighted by Crippen LogP contribution is -2.30. The predicted octanol–water partition coefficient (Wildman–Crippen LogP) is 1.92. The Morgan fingerprint density at radius 3 is 1.72 bits per heavy atom. The van der Waals surface area contributed by atoms with Crippen molar-refractivity contribution in [1.82, 2.24) is 19.9 Å². The Morgan fingerprint density at radius 2 is 1.33 bits per heavy atom. The van der Waals surface area contributed by atoms with E-state index in [4.69, 9.17) is 0 Å². The molecule has 94 valence electrons. The number of anilines is 2. The zero-order chi connectivity index (χ0) is 12.6. The van der Waals surface area contributed by atoms with E-state index in [0.717, 1.165) is 12.8 Å². The molecule has 2 aromatic rings. The third kappa shape index (κ3) is 3.65. The summed E-state index contributed by atoms with van der Waals surface area (Å²) in [6.07, 6.45) is 8.80. The second-order valence-corrected chi connectivity index (χ2v) is 3.77. The lowest BCUT2D eigenvalue weighted by molar-refractivity contribution is 0.689. The summed E-state index contributed by atoms with van der Waals surface area (Å²) in [6.45, 7) is 2.12. The number of rotatable bonds is 6. The average molecular weight is 244 g/mol. The minimum atomic E-state index is 0.0137. The van der Waals surface area contributed by atoms with Crippen LogP contribution in [-0.2, 0) is 0 Å². The summed E-state index contributed by atoms with van der Waals surface area (Å²) < 4.78 is 0. The monoisotopic (exact) mass is 244 g/mol. The Hall–Kier alpha value is -2.24. The molecule has 2 rings (SSSR count). The van der Waals surface area contributed by atoms with Gasteiger partial charge in [0.1, 0.15) is 6.17 Å². The second kappa shape index (κ2) is 6.48. The minimum Gasteiger partial charge on any atom is -0.334 e. The molecule has 6 nitrogen and oxygen atoms in total. The molecule has 0 amide bonds. The third-order valence-corrected chi connectivity index (χ3v) is 2.32. The number of nitrogens with one attached hydrogen (secondary N) is 2. The maximum Gasteiger partial charge on any atom is 0.224 e. The van der Waals surface area contributed by atoms with Crippen LogP contribution in [0.5, 0.6) is 0 Å². The molecule has 0 aliphatic carbocycles. The lowest BCUT2D eigenvalue weighted by Gasteiger charge is -2.19. The molecule has 6 heteroatoms. The van der Waals surface area contributed by atoms with E-state index in [1.807, 2.05) is 0 Å². The van der Waals surface area contributed by atoms with E-state index < -0.39 is 0 Å². The fourth-order valence-corrected chi connectivity index (χ4v) is 1.53. The molecule has 18 heavy (non-hydrogen) atoms. The van der Waals surface area contributed by atoms with E-state index in [1.165, 1.54) is 0 Å². The molecule has 2 aromatic heterocycles. The van der Waals surface area contributed by atoms with Crippen LogP contribution in [0.3, 0.4) is 0 Å². The van der Waals surface area contributed by atoms with E-state index in [0.29, 0.717) is 11.9 Å². The smallest absolute Gasteiger partial charge is 0.224 e. The van der Waals surface area contributed by atoms with Gasteiger partial charge in [0.15, 0.2) is 0 Å². The summed E-state index contributed by atoms with van der Waals surface area (Å²) in [5.41, 5.74) is 0. The highest BCUT2D eigenvalue weighted by atomic mass is 15.2. The van der Waals surface area contributed by atoms with Gasteiger partial charge in [0.2, 0.25) is 11.9 Å². The summed E-state index contributed by atoms with van der Waals surface area (Å²) in [4.78, 5) is 16.6. The van der Waals surface area contributed by atoms with Crippen LogP contribution < -0.4 is 10.6 Å². The van der Waals surface area contributed by atoms with E-state index in [9.17, 15) is 0 Å². The molecule has 0 aliphatic heterocycles. The van der Waals surface area contributed by atoms with Crippen molar-refractivity contribution in [2.24, 2.45) is 0 Å². The molecule has 0 aliphatic rings. The second-order valence-electron chi connectivity index (χ2n) is 3.77. The van der Waals surface area contributed by atoms with E-state index in [2.05, 4.69) is 37.5 Å². The molecule has 0 unspecified atom stereocenters. The van der Waals surface area contributed by atoms with E-state index in [1.54, 1.807) is 36.9 Å². The van der Waals surface area contributed by atoms with Crippen LogP contribution in [0.2, 0.25) is 0 Å². The number of aromatic nitrogens is 4. The minimum absolute atomic E-state index is 0.0137. The van der Waals surface area contributed by atoms with Crippen LogP contribution in [0.15, 0.2) is 36.9 Å². The van der Waals surface area contributed by atoms with Gasteiger partial charge in [-0.2, -0.15) is 0 Å². The van der Waals surface area contributed by atoms with Crippen molar-refractivity contribution >= 4 is 11.9 Å². The molecule has 0 saturated heterocycles. The van der Waals surface area contributed by atoms with Gasteiger partial charge in [-0.15, -0.1) is 0 Å². The van der Waals surface area contributed by atoms with Gasteiger partial charge < -0.3 is 10.6 Å². The topological polar surface area (TPSA) is 75.6 Å². The quantitative estimate of drug-likeness (QED) is 0.756. The molecular weight excluding hydrogens is 228 g/mol. The van der Waals surface area contributed by atoms with Gasteiger partial charge in [0, 0.05) is 24.8 Å². The molecule has 0 saturated carbocycles. The third-order valence-electron chi connectivity index (χ3n) is 2.32. The molecule has 2 N–H and O–H groups in total. The molecule has 0 bridgehead atoms. The normalized spacial score (nSPS) is 10.3. The van der Waals surface area contributed by atoms with Gasteiger partial charge >= 0.3 is 0 Å². The van der Waals surface area contributed by atoms with E-state index in [-0.39, 0.29) is 6.17 Å². The maximum atomic E-state index is 4.14. The Balaban J connectivity index is 2.00. The van der Waals surface area contributed by atoms with Crippen LogP contribution in [0.1, 0.15) is 19.8 Å². The van der Waals surface area contributed by atoms with Gasteiger partial charge in [-0.1, -0.05) is 13.3 Å². The van der Waals surface area contributed by atoms with Gasteiger partial charge in [-0.25, -0.2) is 19.9 Å². The standard InChI is InChI=1S/C12H16N6/c1-2-5-10(17-11-13-6-3-7-14-11)18-12-15-8-4-9-16-12/h3-4,6-10H,2,5H2,1H3,(H,13,14,17)(H,15,16,18). The maximum absolute atomic E-state index is 4.14. The molecule has 0 spiro atoms. The first kappa shape index (κ1) is 12.2.